The number of phenols is 1. The van der Waals surface area contributed by atoms with Crippen LogP contribution in [-0.2, 0) is 13.0 Å². The zero-order valence-electron chi connectivity index (χ0n) is 19.8. The first-order valence-corrected chi connectivity index (χ1v) is 11.1. The molecule has 3 aromatic carbocycles. The number of hydrazone groups is 1. The van der Waals surface area contributed by atoms with E-state index in [0.717, 1.165) is 29.8 Å². The lowest BCUT2D eigenvalue weighted by Crippen LogP contribution is -2.17. The molecular weight excluding hydrogens is 424 g/mol. The van der Waals surface area contributed by atoms with Crippen LogP contribution in [0, 0.1) is 39.0 Å². The minimum Gasteiger partial charge on any atom is -0.507 e. The lowest BCUT2D eigenvalue weighted by Gasteiger charge is -2.14. The summed E-state index contributed by atoms with van der Waals surface area (Å²) < 4.78 is 2.29. The molecule has 0 saturated carbocycles. The van der Waals surface area contributed by atoms with E-state index in [9.17, 15) is 9.90 Å². The molecule has 0 radical (unpaired) electrons. The molecule has 34 heavy (non-hydrogen) atoms. The zero-order chi connectivity index (χ0) is 24.4. The Morgan fingerprint density at radius 3 is 2.59 bits per heavy atom. The number of amides is 1. The summed E-state index contributed by atoms with van der Waals surface area (Å²) in [6.45, 7) is 9.51. The van der Waals surface area contributed by atoms with Crippen molar-refractivity contribution < 1.29 is 14.5 Å². The molecule has 0 aliphatic carbocycles. The maximum atomic E-state index is 12.4. The standard InChI is InChI=1S/C28H26N4O2/c1-17-12-18(2)20(4)25(19(17)3)16-32-11-10-24-22(6-5-7-26(24)32)15-30-31-28(34)21-8-9-27(33)23(13-21)14-29/h5-9,11-13,15H,10,16H2,1-4H3,(H-,31,33,34)/p+1. The molecule has 6 heteroatoms. The second-order valence-corrected chi connectivity index (χ2v) is 8.64. The number of hydrogen-bond acceptors (Lipinski definition) is 4. The molecule has 0 fully saturated rings. The highest BCUT2D eigenvalue weighted by atomic mass is 16.3. The van der Waals surface area contributed by atoms with E-state index < -0.39 is 5.91 Å². The molecule has 0 saturated heterocycles. The average molecular weight is 452 g/mol. The monoisotopic (exact) mass is 451 g/mol. The molecule has 4 rings (SSSR count). The van der Waals surface area contributed by atoms with Crippen LogP contribution in [0.15, 0.2) is 47.6 Å². The van der Waals surface area contributed by atoms with Gasteiger partial charge >= 0.3 is 0 Å². The fraction of sp³-hybridized carbons (Fsp3) is 0.214. The van der Waals surface area contributed by atoms with Gasteiger partial charge in [-0.15, -0.1) is 0 Å². The maximum Gasteiger partial charge on any atom is 0.271 e. The Morgan fingerprint density at radius 2 is 1.88 bits per heavy atom. The van der Waals surface area contributed by atoms with E-state index in [0.29, 0.717) is 0 Å². The zero-order valence-corrected chi connectivity index (χ0v) is 19.8. The summed E-state index contributed by atoms with van der Waals surface area (Å²) in [4.78, 5) is 12.4. The van der Waals surface area contributed by atoms with Gasteiger partial charge in [-0.2, -0.15) is 14.9 Å². The van der Waals surface area contributed by atoms with Gasteiger partial charge in [0.1, 0.15) is 11.8 Å². The van der Waals surface area contributed by atoms with Crippen molar-refractivity contribution in [1.82, 2.24) is 5.43 Å². The third-order valence-electron chi connectivity index (χ3n) is 6.61. The van der Waals surface area contributed by atoms with E-state index in [4.69, 9.17) is 5.26 Å². The molecule has 0 unspecified atom stereocenters. The van der Waals surface area contributed by atoms with E-state index in [-0.39, 0.29) is 16.9 Å². The third kappa shape index (κ3) is 4.33. The van der Waals surface area contributed by atoms with Crippen molar-refractivity contribution in [2.75, 3.05) is 0 Å². The van der Waals surface area contributed by atoms with Gasteiger partial charge in [-0.3, -0.25) is 4.79 Å². The van der Waals surface area contributed by atoms with Gasteiger partial charge in [-0.1, -0.05) is 18.2 Å². The Morgan fingerprint density at radius 1 is 1.15 bits per heavy atom. The van der Waals surface area contributed by atoms with Crippen molar-refractivity contribution >= 4 is 24.0 Å². The minimum absolute atomic E-state index is 0.0439. The molecule has 3 aromatic rings. The summed E-state index contributed by atoms with van der Waals surface area (Å²) >= 11 is 0. The van der Waals surface area contributed by atoms with Crippen LogP contribution < -0.4 is 5.43 Å². The van der Waals surface area contributed by atoms with Gasteiger partial charge in [0.15, 0.2) is 12.8 Å². The van der Waals surface area contributed by atoms with Crippen LogP contribution >= 0.6 is 0 Å². The molecule has 1 aliphatic rings. The molecule has 1 amide bonds. The van der Waals surface area contributed by atoms with Crippen LogP contribution in [0.3, 0.4) is 0 Å². The molecule has 0 bridgehead atoms. The number of nitrogens with zero attached hydrogens (tertiary/aromatic N) is 3. The number of benzene rings is 3. The number of aryl methyl sites for hydroxylation is 2. The Labute approximate surface area is 199 Å². The maximum absolute atomic E-state index is 12.4. The van der Waals surface area contributed by atoms with Crippen LogP contribution in [0.5, 0.6) is 5.75 Å². The molecular formula is C28H27N4O2+. The fourth-order valence-corrected chi connectivity index (χ4v) is 4.35. The fourth-order valence-electron chi connectivity index (χ4n) is 4.35. The van der Waals surface area contributed by atoms with Crippen molar-refractivity contribution in [1.29, 1.82) is 5.26 Å². The molecule has 0 aromatic heterocycles. The van der Waals surface area contributed by atoms with E-state index in [1.54, 1.807) is 6.21 Å². The summed E-state index contributed by atoms with van der Waals surface area (Å²) in [5.41, 5.74) is 12.7. The molecule has 170 valence electrons. The second-order valence-electron chi connectivity index (χ2n) is 8.64. The highest BCUT2D eigenvalue weighted by molar-refractivity contribution is 5.95. The quantitative estimate of drug-likeness (QED) is 0.334. The van der Waals surface area contributed by atoms with Crippen LogP contribution in [-0.4, -0.2) is 28.0 Å². The number of phenolic OH excluding ortho intramolecular Hbond substituents is 1. The SMILES string of the molecule is Cc1cc(C)c(C)c(C[N+]2=CCc3c(C=NNC(=O)c4ccc(O)c(C#N)c4)cccc32)c1C. The number of nitriles is 1. The highest BCUT2D eigenvalue weighted by Gasteiger charge is 2.25. The third-order valence-corrected chi connectivity index (χ3v) is 6.61. The van der Waals surface area contributed by atoms with Crippen LogP contribution in [0.1, 0.15) is 54.9 Å². The summed E-state index contributed by atoms with van der Waals surface area (Å²) in [5, 5.41) is 22.8. The Bertz CT molecular complexity index is 1380. The van der Waals surface area contributed by atoms with E-state index >= 15 is 0 Å². The number of nitrogens with one attached hydrogen (secondary N) is 1. The van der Waals surface area contributed by atoms with Crippen molar-refractivity contribution in [2.45, 2.75) is 40.7 Å². The van der Waals surface area contributed by atoms with Gasteiger partial charge in [0.25, 0.3) is 5.91 Å². The topological polar surface area (TPSA) is 88.5 Å². The Hall–Kier alpha value is -4.24. The largest absolute Gasteiger partial charge is 0.507 e. The summed E-state index contributed by atoms with van der Waals surface area (Å²) in [6.07, 6.45) is 4.64. The van der Waals surface area contributed by atoms with Gasteiger partial charge in [-0.05, 0) is 68.1 Å². The lowest BCUT2D eigenvalue weighted by molar-refractivity contribution is -0.450. The van der Waals surface area contributed by atoms with Gasteiger partial charge in [0, 0.05) is 28.3 Å². The predicted octanol–water partition coefficient (Wildman–Crippen LogP) is 4.73. The lowest BCUT2D eigenvalue weighted by atomic mass is 9.94. The number of hydrogen-bond donors (Lipinski definition) is 2. The Balaban J connectivity index is 1.52. The molecule has 6 nitrogen and oxygen atoms in total. The van der Waals surface area contributed by atoms with Crippen molar-refractivity contribution in [3.8, 4) is 11.8 Å². The molecule has 0 atom stereocenters. The number of fused-ring (bicyclic) bond motifs is 1. The molecule has 1 heterocycles. The smallest absolute Gasteiger partial charge is 0.271 e. The van der Waals surface area contributed by atoms with Crippen LogP contribution in [0.4, 0.5) is 5.69 Å². The Kier molecular flexibility index (Phi) is 6.29. The molecule has 2 N–H and O–H groups in total. The second kappa shape index (κ2) is 9.32. The number of carbonyl (C=O) groups is 1. The van der Waals surface area contributed by atoms with Gasteiger partial charge < -0.3 is 5.11 Å². The van der Waals surface area contributed by atoms with Gasteiger partial charge in [0.05, 0.1) is 18.2 Å². The first kappa shape index (κ1) is 22.9. The minimum atomic E-state index is -0.450. The summed E-state index contributed by atoms with van der Waals surface area (Å²) in [6, 6.07) is 14.3. The van der Waals surface area contributed by atoms with Crippen molar-refractivity contribution in [3.05, 3.63) is 92.5 Å². The van der Waals surface area contributed by atoms with Gasteiger partial charge in [0.2, 0.25) is 5.69 Å². The first-order valence-electron chi connectivity index (χ1n) is 11.1. The van der Waals surface area contributed by atoms with Gasteiger partial charge in [-0.25, -0.2) is 5.43 Å². The van der Waals surface area contributed by atoms with Crippen molar-refractivity contribution in [3.63, 3.8) is 0 Å². The van der Waals surface area contributed by atoms with Crippen LogP contribution in [0.2, 0.25) is 0 Å². The normalized spacial score (nSPS) is 12.4. The summed E-state index contributed by atoms with van der Waals surface area (Å²) in [5.74, 6) is -0.608. The highest BCUT2D eigenvalue weighted by Crippen LogP contribution is 2.30. The number of aromatic hydroxyl groups is 1. The molecule has 1 aliphatic heterocycles. The average Bonchev–Trinajstić information content (AvgIpc) is 3.24. The number of rotatable bonds is 5. The van der Waals surface area contributed by atoms with Crippen molar-refractivity contribution in [2.24, 2.45) is 5.10 Å². The van der Waals surface area contributed by atoms with E-state index in [2.05, 4.69) is 61.1 Å². The summed E-state index contributed by atoms with van der Waals surface area (Å²) in [7, 11) is 0. The number of carbonyl (C=O) groups excluding carboxylic acids is 1. The van der Waals surface area contributed by atoms with Crippen LogP contribution in [0.25, 0.3) is 0 Å². The molecule has 0 spiro atoms. The van der Waals surface area contributed by atoms with E-state index in [1.165, 1.54) is 46.0 Å². The predicted molar refractivity (Wildman–Crippen MR) is 133 cm³/mol. The first-order chi connectivity index (χ1) is 16.3. The van der Waals surface area contributed by atoms with E-state index in [1.807, 2.05) is 18.2 Å².